The molecule has 14 nitrogen and oxygen atoms in total. The summed E-state index contributed by atoms with van der Waals surface area (Å²) in [5, 5.41) is 11.8. The monoisotopic (exact) mass is 964 g/mol. The topological polar surface area (TPSA) is 164 Å². The Morgan fingerprint density at radius 1 is 0.465 bits per heavy atom. The molecule has 2 saturated heterocycles. The van der Waals surface area contributed by atoms with Crippen molar-refractivity contribution >= 4 is 17.9 Å². The number of benzene rings is 6. The summed E-state index contributed by atoms with van der Waals surface area (Å²) in [6.07, 6.45) is -11.8. The Bertz CT molecular complexity index is 2550. The van der Waals surface area contributed by atoms with Gasteiger partial charge in [-0.1, -0.05) is 152 Å². The van der Waals surface area contributed by atoms with E-state index in [1.54, 1.807) is 84.9 Å². The molecular weight excluding hydrogens is 909 g/mol. The van der Waals surface area contributed by atoms with Gasteiger partial charge in [0.05, 0.1) is 49.7 Å². The van der Waals surface area contributed by atoms with Crippen LogP contribution < -0.4 is 0 Å². The molecule has 0 aromatic heterocycles. The lowest BCUT2D eigenvalue weighted by atomic mass is 9.95. The van der Waals surface area contributed by atoms with Crippen molar-refractivity contribution in [3.63, 3.8) is 0 Å². The van der Waals surface area contributed by atoms with Gasteiger partial charge in [-0.2, -0.15) is 0 Å². The van der Waals surface area contributed by atoms with Crippen LogP contribution >= 0.6 is 0 Å². The first-order chi connectivity index (χ1) is 34.8. The van der Waals surface area contributed by atoms with Crippen molar-refractivity contribution in [3.8, 4) is 0 Å². The van der Waals surface area contributed by atoms with Crippen molar-refractivity contribution < 1.29 is 66.9 Å². The molecule has 0 saturated carbocycles. The number of hydrogen-bond acceptors (Lipinski definition) is 14. The summed E-state index contributed by atoms with van der Waals surface area (Å²) in [6.45, 7) is 3.91. The van der Waals surface area contributed by atoms with Crippen LogP contribution in [0, 0.1) is 0 Å². The van der Waals surface area contributed by atoms with Crippen LogP contribution in [0.3, 0.4) is 0 Å². The second-order valence-electron chi connectivity index (χ2n) is 16.8. The highest BCUT2D eigenvalue weighted by molar-refractivity contribution is 5.90. The normalized spacial score (nSPS) is 24.0. The number of esters is 3. The molecule has 0 radical (unpaired) electrons. The Morgan fingerprint density at radius 2 is 0.901 bits per heavy atom. The van der Waals surface area contributed by atoms with E-state index in [4.69, 9.17) is 47.4 Å². The quantitative estimate of drug-likeness (QED) is 0.0395. The Morgan fingerprint density at radius 3 is 1.41 bits per heavy atom. The number of carbonyl (C=O) groups is 3. The predicted molar refractivity (Wildman–Crippen MR) is 259 cm³/mol. The van der Waals surface area contributed by atoms with Crippen LogP contribution in [-0.4, -0.2) is 104 Å². The molecule has 2 heterocycles. The van der Waals surface area contributed by atoms with Crippen LogP contribution in [0.15, 0.2) is 195 Å². The van der Waals surface area contributed by atoms with Crippen molar-refractivity contribution in [2.75, 3.05) is 19.8 Å². The van der Waals surface area contributed by atoms with Gasteiger partial charge in [0, 0.05) is 0 Å². The third-order valence-corrected chi connectivity index (χ3v) is 11.8. The van der Waals surface area contributed by atoms with Gasteiger partial charge >= 0.3 is 17.9 Å². The summed E-state index contributed by atoms with van der Waals surface area (Å²) in [5.41, 5.74) is 3.18. The maximum Gasteiger partial charge on any atom is 0.338 e. The maximum absolute atomic E-state index is 14.2. The molecule has 6 aromatic rings. The molecule has 2 fully saturated rings. The fourth-order valence-electron chi connectivity index (χ4n) is 8.22. The van der Waals surface area contributed by atoms with Crippen molar-refractivity contribution in [1.29, 1.82) is 0 Å². The Hall–Kier alpha value is -6.85. The highest BCUT2D eigenvalue weighted by Crippen LogP contribution is 2.36. The molecule has 8 rings (SSSR count). The van der Waals surface area contributed by atoms with Crippen LogP contribution in [0.2, 0.25) is 0 Å². The molecular formula is C57H56O14. The highest BCUT2D eigenvalue weighted by Gasteiger charge is 2.56. The van der Waals surface area contributed by atoms with Gasteiger partial charge in [-0.15, -0.1) is 6.58 Å². The average molecular weight is 965 g/mol. The first-order valence-corrected chi connectivity index (χ1v) is 23.4. The van der Waals surface area contributed by atoms with Crippen LogP contribution in [0.1, 0.15) is 47.8 Å². The first kappa shape index (κ1) is 50.5. The third-order valence-electron chi connectivity index (χ3n) is 11.8. The molecule has 14 heteroatoms. The maximum atomic E-state index is 14.2. The minimum absolute atomic E-state index is 0.0186. The second kappa shape index (κ2) is 25.8. The molecule has 1 N–H and O–H groups in total. The second-order valence-corrected chi connectivity index (χ2v) is 16.8. The number of ether oxygens (including phenoxy) is 10. The molecule has 2 aliphatic heterocycles. The van der Waals surface area contributed by atoms with Crippen LogP contribution in [0.4, 0.5) is 0 Å². The fourth-order valence-corrected chi connectivity index (χ4v) is 8.22. The number of hydrogen-bond donors (Lipinski definition) is 1. The van der Waals surface area contributed by atoms with Crippen molar-refractivity contribution in [2.24, 2.45) is 0 Å². The Labute approximate surface area is 412 Å². The van der Waals surface area contributed by atoms with E-state index < -0.39 is 85.9 Å². The van der Waals surface area contributed by atoms with Crippen molar-refractivity contribution in [1.82, 2.24) is 0 Å². The van der Waals surface area contributed by atoms with Crippen molar-refractivity contribution in [3.05, 3.63) is 228 Å². The van der Waals surface area contributed by atoms with E-state index in [1.807, 2.05) is 91.0 Å². The number of carbonyl (C=O) groups excluding carboxylic acids is 3. The van der Waals surface area contributed by atoms with E-state index in [1.165, 1.54) is 12.1 Å². The zero-order chi connectivity index (χ0) is 49.2. The average Bonchev–Trinajstić information content (AvgIpc) is 3.42. The summed E-state index contributed by atoms with van der Waals surface area (Å²) in [4.78, 5) is 41.5. The third kappa shape index (κ3) is 13.9. The molecule has 71 heavy (non-hydrogen) atoms. The standard InChI is InChI=1S/C57H56O14/c1-2-33-63-49-47(64-35-40-23-11-4-12-24-40)45(37-62-34-39-21-9-3-10-22-39)68-57(52(49)65-36-41-25-13-5-14-26-41)71-48-46(38-66-53(58)42-27-15-6-16-28-42)67-56(61)51(70-55(60)44-31-19-8-20-32-44)50(48)69-54(59)43-29-17-7-18-30-43/h2-32,45-52,56-57,61H,1,33-38H2/t45-,46-,47+,48+,49+,50+,51-,52-,56+,57+/m1/s1. The fraction of sp³-hybridized carbons (Fsp3) is 0.281. The van der Waals surface area contributed by atoms with E-state index in [2.05, 4.69) is 6.58 Å². The van der Waals surface area contributed by atoms with Gasteiger partial charge in [0.1, 0.15) is 43.2 Å². The molecule has 2 aliphatic rings. The lowest BCUT2D eigenvalue weighted by Gasteiger charge is -2.49. The van der Waals surface area contributed by atoms with Crippen LogP contribution in [0.25, 0.3) is 0 Å². The van der Waals surface area contributed by atoms with E-state index in [9.17, 15) is 19.5 Å². The summed E-state index contributed by atoms with van der Waals surface area (Å²) in [5.74, 6) is -2.39. The molecule has 0 aliphatic carbocycles. The van der Waals surface area contributed by atoms with E-state index in [0.717, 1.165) is 16.7 Å². The smallest absolute Gasteiger partial charge is 0.338 e. The summed E-state index contributed by atoms with van der Waals surface area (Å²) in [6, 6.07) is 53.3. The minimum atomic E-state index is -1.92. The molecule has 0 bridgehead atoms. The largest absolute Gasteiger partial charge is 0.459 e. The Balaban J connectivity index is 1.20. The lowest BCUT2D eigenvalue weighted by Crippen LogP contribution is -2.66. The lowest BCUT2D eigenvalue weighted by molar-refractivity contribution is -0.365. The van der Waals surface area contributed by atoms with Gasteiger partial charge in [-0.3, -0.25) is 0 Å². The number of aliphatic hydroxyl groups is 1. The van der Waals surface area contributed by atoms with Gasteiger partial charge in [-0.05, 0) is 53.1 Å². The van der Waals surface area contributed by atoms with Crippen molar-refractivity contribution in [2.45, 2.75) is 81.2 Å². The molecule has 6 aromatic carbocycles. The molecule has 0 unspecified atom stereocenters. The SMILES string of the molecule is C=CCO[C@H]1[C@@H](OCc2ccccc2)[C@@H](COCc2ccccc2)O[C@@H](O[C@@H]2[C@H](OC(=O)c3ccccc3)[C@@H](OC(=O)c3ccccc3)[C@@H](O)O[C@@H]2COC(=O)c2ccccc2)[C@@H]1OCc1ccccc1. The van der Waals surface area contributed by atoms with E-state index in [-0.39, 0.29) is 49.7 Å². The van der Waals surface area contributed by atoms with Gasteiger partial charge in [0.15, 0.2) is 24.8 Å². The molecule has 10 atom stereocenters. The first-order valence-electron chi connectivity index (χ1n) is 23.4. The van der Waals surface area contributed by atoms with Crippen LogP contribution in [-0.2, 0) is 67.2 Å². The molecule has 0 amide bonds. The van der Waals surface area contributed by atoms with Gasteiger partial charge < -0.3 is 52.5 Å². The summed E-state index contributed by atoms with van der Waals surface area (Å²) < 4.78 is 64.8. The molecule has 0 spiro atoms. The number of rotatable bonds is 22. The highest BCUT2D eigenvalue weighted by atomic mass is 16.8. The predicted octanol–water partition coefficient (Wildman–Crippen LogP) is 8.08. The Kier molecular flexibility index (Phi) is 18.4. The minimum Gasteiger partial charge on any atom is -0.459 e. The number of aliphatic hydroxyl groups excluding tert-OH is 1. The van der Waals surface area contributed by atoms with Crippen LogP contribution in [0.5, 0.6) is 0 Å². The zero-order valence-electron chi connectivity index (χ0n) is 38.9. The zero-order valence-corrected chi connectivity index (χ0v) is 38.9. The summed E-state index contributed by atoms with van der Waals surface area (Å²) >= 11 is 0. The summed E-state index contributed by atoms with van der Waals surface area (Å²) in [7, 11) is 0. The van der Waals surface area contributed by atoms with Gasteiger partial charge in [0.2, 0.25) is 0 Å². The van der Waals surface area contributed by atoms with E-state index >= 15 is 0 Å². The van der Waals surface area contributed by atoms with E-state index in [0.29, 0.717) is 0 Å². The van der Waals surface area contributed by atoms with Gasteiger partial charge in [-0.25, -0.2) is 14.4 Å². The molecule has 368 valence electrons. The van der Waals surface area contributed by atoms with Gasteiger partial charge in [0.25, 0.3) is 0 Å².